The number of nitrogens with one attached hydrogen (secondary N) is 1. The van der Waals surface area contributed by atoms with Gasteiger partial charge >= 0.3 is 0 Å². The van der Waals surface area contributed by atoms with Crippen LogP contribution in [0.4, 0.5) is 4.39 Å². The zero-order chi connectivity index (χ0) is 18.5. The van der Waals surface area contributed by atoms with Crippen LogP contribution in [-0.4, -0.2) is 15.3 Å². The lowest BCUT2D eigenvalue weighted by molar-refractivity contribution is -0.123. The Hall–Kier alpha value is -3.15. The van der Waals surface area contributed by atoms with Crippen LogP contribution < -0.4 is 5.32 Å². The number of halogens is 1. The van der Waals surface area contributed by atoms with Crippen molar-refractivity contribution in [2.75, 3.05) is 0 Å². The van der Waals surface area contributed by atoms with Crippen LogP contribution in [0.5, 0.6) is 0 Å². The van der Waals surface area contributed by atoms with Gasteiger partial charge in [-0.15, -0.1) is 0 Å². The molecule has 1 saturated carbocycles. The molecule has 4 aromatic rings. The van der Waals surface area contributed by atoms with E-state index in [1.807, 2.05) is 41.9 Å². The molecule has 0 radical (unpaired) electrons. The first kappa shape index (κ1) is 16.1. The maximum absolute atomic E-state index is 13.3. The highest BCUT2D eigenvalue weighted by Crippen LogP contribution is 2.47. The summed E-state index contributed by atoms with van der Waals surface area (Å²) in [4.78, 5) is 17.1. The molecule has 0 aliphatic heterocycles. The van der Waals surface area contributed by atoms with E-state index in [4.69, 9.17) is 4.42 Å². The molecule has 0 spiro atoms. The Bertz CT molecular complexity index is 1160. The predicted molar refractivity (Wildman–Crippen MR) is 98.8 cm³/mol. The number of furan rings is 1. The van der Waals surface area contributed by atoms with Crippen molar-refractivity contribution in [3.63, 3.8) is 0 Å². The van der Waals surface area contributed by atoms with Gasteiger partial charge in [-0.2, -0.15) is 0 Å². The van der Waals surface area contributed by atoms with E-state index < -0.39 is 0 Å². The fraction of sp³-hybridized carbons (Fsp3) is 0.238. The summed E-state index contributed by atoms with van der Waals surface area (Å²) >= 11 is 0. The van der Waals surface area contributed by atoms with Gasteiger partial charge in [0.2, 0.25) is 5.91 Å². The molecule has 136 valence electrons. The van der Waals surface area contributed by atoms with Crippen LogP contribution >= 0.6 is 0 Å². The Kier molecular flexibility index (Phi) is 3.53. The van der Waals surface area contributed by atoms with Crippen LogP contribution in [0.2, 0.25) is 0 Å². The largest absolute Gasteiger partial charge is 0.459 e. The second-order valence-electron chi connectivity index (χ2n) is 7.12. The van der Waals surface area contributed by atoms with E-state index in [1.54, 1.807) is 12.1 Å². The van der Waals surface area contributed by atoms with Crippen molar-refractivity contribution in [1.29, 1.82) is 0 Å². The third-order valence-electron chi connectivity index (χ3n) is 5.21. The Morgan fingerprint density at radius 2 is 2.22 bits per heavy atom. The van der Waals surface area contributed by atoms with Crippen LogP contribution in [0.1, 0.15) is 36.9 Å². The zero-order valence-corrected chi connectivity index (χ0v) is 14.7. The summed E-state index contributed by atoms with van der Waals surface area (Å²) in [5, 5.41) is 3.70. The molecule has 1 aliphatic carbocycles. The van der Waals surface area contributed by atoms with Gasteiger partial charge in [0, 0.05) is 23.4 Å². The highest BCUT2D eigenvalue weighted by Gasteiger charge is 2.46. The first-order valence-electron chi connectivity index (χ1n) is 9.01. The molecule has 1 N–H and O–H groups in total. The number of imidazole rings is 1. The summed E-state index contributed by atoms with van der Waals surface area (Å²) in [5.41, 5.74) is 1.64. The average molecular weight is 363 g/mol. The molecule has 5 rings (SSSR count). The molecule has 3 heterocycles. The quantitative estimate of drug-likeness (QED) is 0.591. The maximum atomic E-state index is 13.3. The van der Waals surface area contributed by atoms with Gasteiger partial charge in [-0.3, -0.25) is 4.79 Å². The van der Waals surface area contributed by atoms with Gasteiger partial charge in [0.15, 0.2) is 0 Å². The number of rotatable bonds is 4. The normalized spacial score (nSPS) is 20.1. The van der Waals surface area contributed by atoms with Crippen molar-refractivity contribution in [3.05, 3.63) is 72.3 Å². The summed E-state index contributed by atoms with van der Waals surface area (Å²) < 4.78 is 21.1. The number of fused-ring (bicyclic) bond motifs is 2. The Labute approximate surface area is 154 Å². The van der Waals surface area contributed by atoms with Crippen molar-refractivity contribution >= 4 is 22.4 Å². The van der Waals surface area contributed by atoms with Crippen molar-refractivity contribution in [1.82, 2.24) is 14.7 Å². The molecule has 0 bridgehead atoms. The molecule has 1 aromatic carbocycles. The molecule has 5 nitrogen and oxygen atoms in total. The zero-order valence-electron chi connectivity index (χ0n) is 14.7. The summed E-state index contributed by atoms with van der Waals surface area (Å²) in [6.45, 7) is 1.87. The van der Waals surface area contributed by atoms with E-state index in [9.17, 15) is 9.18 Å². The predicted octanol–water partition coefficient (Wildman–Crippen LogP) is 4.20. The summed E-state index contributed by atoms with van der Waals surface area (Å²) in [6, 6.07) is 11.8. The van der Waals surface area contributed by atoms with Crippen molar-refractivity contribution in [2.24, 2.45) is 5.92 Å². The number of hydrogen-bond acceptors (Lipinski definition) is 3. The maximum Gasteiger partial charge on any atom is 0.224 e. The van der Waals surface area contributed by atoms with Crippen LogP contribution in [0.3, 0.4) is 0 Å². The first-order valence-corrected chi connectivity index (χ1v) is 9.01. The molecule has 3 aromatic heterocycles. The number of benzene rings is 1. The van der Waals surface area contributed by atoms with Crippen LogP contribution in [0.15, 0.2) is 59.3 Å². The Morgan fingerprint density at radius 1 is 1.33 bits per heavy atom. The van der Waals surface area contributed by atoms with E-state index in [1.165, 1.54) is 12.1 Å². The Balaban J connectivity index is 1.30. The molecular formula is C21H18FN3O2. The number of amides is 1. The topological polar surface area (TPSA) is 59.5 Å². The molecule has 1 amide bonds. The average Bonchev–Trinajstić information content (AvgIpc) is 3.16. The smallest absolute Gasteiger partial charge is 0.224 e. The molecule has 1 aliphatic rings. The van der Waals surface area contributed by atoms with Crippen molar-refractivity contribution in [2.45, 2.75) is 25.3 Å². The van der Waals surface area contributed by atoms with Gasteiger partial charge < -0.3 is 14.1 Å². The molecule has 0 saturated heterocycles. The third-order valence-corrected chi connectivity index (χ3v) is 5.21. The molecule has 3 atom stereocenters. The Morgan fingerprint density at radius 3 is 3.11 bits per heavy atom. The number of pyridine rings is 1. The van der Waals surface area contributed by atoms with E-state index >= 15 is 0 Å². The van der Waals surface area contributed by atoms with Crippen molar-refractivity contribution < 1.29 is 13.6 Å². The first-order chi connectivity index (χ1) is 13.1. The lowest BCUT2D eigenvalue weighted by Crippen LogP contribution is -2.28. The molecule has 2 unspecified atom stereocenters. The highest BCUT2D eigenvalue weighted by molar-refractivity contribution is 5.83. The monoisotopic (exact) mass is 363 g/mol. The molecular weight excluding hydrogens is 345 g/mol. The fourth-order valence-electron chi connectivity index (χ4n) is 3.65. The number of carbonyl (C=O) groups excluding carboxylic acids is 1. The minimum atomic E-state index is -0.306. The fourth-order valence-corrected chi connectivity index (χ4v) is 3.65. The van der Waals surface area contributed by atoms with Crippen LogP contribution in [-0.2, 0) is 4.79 Å². The van der Waals surface area contributed by atoms with Gasteiger partial charge in [-0.1, -0.05) is 6.07 Å². The van der Waals surface area contributed by atoms with Gasteiger partial charge in [0.05, 0.1) is 17.8 Å². The van der Waals surface area contributed by atoms with Gasteiger partial charge in [-0.05, 0) is 49.7 Å². The standard InChI is InChI=1S/C21H18FN3O2/c1-12(19-9-13-8-14(22)5-6-18(13)27-19)24-21(26)17-10-16(17)20-23-11-15-4-2-3-7-25(15)20/h2-9,11-12,16-17H,10H2,1H3,(H,24,26)/t12-,16?,17?/m1/s1. The number of aromatic nitrogens is 2. The second-order valence-corrected chi connectivity index (χ2v) is 7.12. The second kappa shape index (κ2) is 5.94. The molecule has 6 heteroatoms. The summed E-state index contributed by atoms with van der Waals surface area (Å²) in [7, 11) is 0. The lowest BCUT2D eigenvalue weighted by Gasteiger charge is -2.11. The van der Waals surface area contributed by atoms with Gasteiger partial charge in [0.1, 0.15) is 23.0 Å². The van der Waals surface area contributed by atoms with Crippen LogP contribution in [0, 0.1) is 11.7 Å². The minimum Gasteiger partial charge on any atom is -0.459 e. The van der Waals surface area contributed by atoms with Gasteiger partial charge in [-0.25, -0.2) is 9.37 Å². The summed E-state index contributed by atoms with van der Waals surface area (Å²) in [5.74, 6) is 1.28. The number of nitrogens with zero attached hydrogens (tertiary/aromatic N) is 2. The third kappa shape index (κ3) is 2.77. The number of hydrogen-bond donors (Lipinski definition) is 1. The van der Waals surface area contributed by atoms with E-state index in [-0.39, 0.29) is 29.6 Å². The van der Waals surface area contributed by atoms with E-state index in [2.05, 4.69) is 10.3 Å². The molecule has 1 fully saturated rings. The minimum absolute atomic E-state index is 0.00758. The summed E-state index contributed by atoms with van der Waals surface area (Å²) in [6.07, 6.45) is 4.60. The van der Waals surface area contributed by atoms with Gasteiger partial charge in [0.25, 0.3) is 0 Å². The molecule has 27 heavy (non-hydrogen) atoms. The SMILES string of the molecule is C[C@@H](NC(=O)C1CC1c1ncc2ccccn12)c1cc2cc(F)ccc2o1. The van der Waals surface area contributed by atoms with E-state index in [0.717, 1.165) is 17.8 Å². The van der Waals surface area contributed by atoms with Crippen LogP contribution in [0.25, 0.3) is 16.5 Å². The number of carbonyl (C=O) groups is 1. The van der Waals surface area contributed by atoms with Crippen molar-refractivity contribution in [3.8, 4) is 0 Å². The lowest BCUT2D eigenvalue weighted by atomic mass is 10.2. The van der Waals surface area contributed by atoms with E-state index in [0.29, 0.717) is 16.7 Å². The highest BCUT2D eigenvalue weighted by atomic mass is 19.1.